The van der Waals surface area contributed by atoms with Gasteiger partial charge in [0, 0.05) is 18.7 Å². The molecule has 1 aromatic rings. The van der Waals surface area contributed by atoms with Gasteiger partial charge in [-0.05, 0) is 38.1 Å². The number of amides is 1. The van der Waals surface area contributed by atoms with E-state index in [0.717, 1.165) is 37.4 Å². The standard InChI is InChI=1S/C13H20N4O/c1-15-13-4-2-3-11(16-13)10-5-7-17(8-6-10)9-12(14)18/h2-4,10H,5-9H2,1H3,(H2,14,18)(H,15,16). The van der Waals surface area contributed by atoms with Crippen LogP contribution in [0.25, 0.3) is 0 Å². The zero-order chi connectivity index (χ0) is 13.0. The number of likely N-dealkylation sites (tertiary alicyclic amines) is 1. The molecule has 1 fully saturated rings. The third kappa shape index (κ3) is 3.20. The Hall–Kier alpha value is -1.62. The SMILES string of the molecule is CNc1cccc(C2CCN(CC(N)=O)CC2)n1. The Balaban J connectivity index is 1.94. The molecule has 0 saturated carbocycles. The first-order valence-corrected chi connectivity index (χ1v) is 6.34. The Morgan fingerprint density at radius 3 is 2.83 bits per heavy atom. The first-order chi connectivity index (χ1) is 8.69. The van der Waals surface area contributed by atoms with Gasteiger partial charge in [-0.2, -0.15) is 0 Å². The molecule has 2 rings (SSSR count). The summed E-state index contributed by atoms with van der Waals surface area (Å²) in [5, 5.41) is 3.06. The number of nitrogens with one attached hydrogen (secondary N) is 1. The molecule has 1 aliphatic heterocycles. The lowest BCUT2D eigenvalue weighted by Gasteiger charge is -2.30. The minimum absolute atomic E-state index is 0.247. The lowest BCUT2D eigenvalue weighted by atomic mass is 9.93. The number of aromatic nitrogens is 1. The molecule has 0 radical (unpaired) electrons. The van der Waals surface area contributed by atoms with Crippen molar-refractivity contribution < 1.29 is 4.79 Å². The van der Waals surface area contributed by atoms with Gasteiger partial charge in [-0.1, -0.05) is 6.07 Å². The van der Waals surface area contributed by atoms with E-state index in [9.17, 15) is 4.79 Å². The fourth-order valence-corrected chi connectivity index (χ4v) is 2.43. The summed E-state index contributed by atoms with van der Waals surface area (Å²) in [6, 6.07) is 6.07. The normalized spacial score (nSPS) is 17.6. The van der Waals surface area contributed by atoms with Gasteiger partial charge in [-0.15, -0.1) is 0 Å². The van der Waals surface area contributed by atoms with E-state index in [-0.39, 0.29) is 5.91 Å². The second kappa shape index (κ2) is 5.82. The maximum atomic E-state index is 10.9. The number of piperidine rings is 1. The Labute approximate surface area is 107 Å². The van der Waals surface area contributed by atoms with E-state index in [4.69, 9.17) is 5.73 Å². The molecule has 2 heterocycles. The second-order valence-corrected chi connectivity index (χ2v) is 4.71. The topological polar surface area (TPSA) is 71.2 Å². The van der Waals surface area contributed by atoms with Crippen molar-refractivity contribution in [2.75, 3.05) is 32.0 Å². The molecule has 0 spiro atoms. The van der Waals surface area contributed by atoms with Crippen LogP contribution < -0.4 is 11.1 Å². The minimum Gasteiger partial charge on any atom is -0.373 e. The summed E-state index contributed by atoms with van der Waals surface area (Å²) in [6.07, 6.45) is 2.07. The highest BCUT2D eigenvalue weighted by molar-refractivity contribution is 5.75. The molecular formula is C13H20N4O. The molecule has 1 aromatic heterocycles. The molecule has 0 atom stereocenters. The monoisotopic (exact) mass is 248 g/mol. The highest BCUT2D eigenvalue weighted by atomic mass is 16.1. The van der Waals surface area contributed by atoms with E-state index in [1.54, 1.807) is 0 Å². The summed E-state index contributed by atoms with van der Waals surface area (Å²) in [4.78, 5) is 17.6. The van der Waals surface area contributed by atoms with Crippen molar-refractivity contribution in [1.82, 2.24) is 9.88 Å². The van der Waals surface area contributed by atoms with Crippen LogP contribution in [0.3, 0.4) is 0 Å². The van der Waals surface area contributed by atoms with Gasteiger partial charge >= 0.3 is 0 Å². The summed E-state index contributed by atoms with van der Waals surface area (Å²) >= 11 is 0. The van der Waals surface area contributed by atoms with Gasteiger partial charge in [0.2, 0.25) is 5.91 Å². The van der Waals surface area contributed by atoms with E-state index >= 15 is 0 Å². The Morgan fingerprint density at radius 2 is 2.22 bits per heavy atom. The Kier molecular flexibility index (Phi) is 4.15. The molecule has 1 amide bonds. The van der Waals surface area contributed by atoms with Crippen LogP contribution in [0.2, 0.25) is 0 Å². The molecule has 0 aliphatic carbocycles. The van der Waals surface area contributed by atoms with E-state index < -0.39 is 0 Å². The number of rotatable bonds is 4. The van der Waals surface area contributed by atoms with E-state index in [2.05, 4.69) is 21.3 Å². The third-order valence-corrected chi connectivity index (χ3v) is 3.41. The average molecular weight is 248 g/mol. The van der Waals surface area contributed by atoms with Crippen molar-refractivity contribution in [3.63, 3.8) is 0 Å². The highest BCUT2D eigenvalue weighted by Gasteiger charge is 2.22. The number of hydrogen-bond acceptors (Lipinski definition) is 4. The minimum atomic E-state index is -0.247. The zero-order valence-corrected chi connectivity index (χ0v) is 10.7. The van der Waals surface area contributed by atoms with Crippen molar-refractivity contribution >= 4 is 11.7 Å². The van der Waals surface area contributed by atoms with E-state index in [0.29, 0.717) is 12.5 Å². The van der Waals surface area contributed by atoms with Crippen molar-refractivity contribution in [2.24, 2.45) is 5.73 Å². The number of primary amides is 1. The lowest BCUT2D eigenvalue weighted by molar-refractivity contribution is -0.119. The van der Waals surface area contributed by atoms with Crippen LogP contribution >= 0.6 is 0 Å². The number of nitrogens with zero attached hydrogens (tertiary/aromatic N) is 2. The maximum absolute atomic E-state index is 10.9. The quantitative estimate of drug-likeness (QED) is 0.826. The fraction of sp³-hybridized carbons (Fsp3) is 0.538. The molecule has 1 aliphatic rings. The van der Waals surface area contributed by atoms with Crippen molar-refractivity contribution in [3.05, 3.63) is 23.9 Å². The van der Waals surface area contributed by atoms with Gasteiger partial charge in [0.25, 0.3) is 0 Å². The fourth-order valence-electron chi connectivity index (χ4n) is 2.43. The summed E-state index contributed by atoms with van der Waals surface area (Å²) < 4.78 is 0. The first-order valence-electron chi connectivity index (χ1n) is 6.34. The molecule has 3 N–H and O–H groups in total. The number of carbonyl (C=O) groups excluding carboxylic acids is 1. The van der Waals surface area contributed by atoms with Crippen LogP contribution in [0.5, 0.6) is 0 Å². The zero-order valence-electron chi connectivity index (χ0n) is 10.7. The lowest BCUT2D eigenvalue weighted by Crippen LogP contribution is -2.39. The number of hydrogen-bond donors (Lipinski definition) is 2. The molecular weight excluding hydrogens is 228 g/mol. The molecule has 18 heavy (non-hydrogen) atoms. The van der Waals surface area contributed by atoms with Gasteiger partial charge in [0.15, 0.2) is 0 Å². The van der Waals surface area contributed by atoms with Gasteiger partial charge in [0.05, 0.1) is 6.54 Å². The largest absolute Gasteiger partial charge is 0.373 e. The van der Waals surface area contributed by atoms with Crippen LogP contribution in [0.15, 0.2) is 18.2 Å². The molecule has 98 valence electrons. The Morgan fingerprint density at radius 1 is 1.50 bits per heavy atom. The van der Waals surface area contributed by atoms with Gasteiger partial charge in [-0.25, -0.2) is 4.98 Å². The average Bonchev–Trinajstić information content (AvgIpc) is 2.39. The Bertz CT molecular complexity index is 413. The number of anilines is 1. The third-order valence-electron chi connectivity index (χ3n) is 3.41. The van der Waals surface area contributed by atoms with Crippen LogP contribution in [-0.2, 0) is 4.79 Å². The smallest absolute Gasteiger partial charge is 0.231 e. The number of pyridine rings is 1. The van der Waals surface area contributed by atoms with Crippen LogP contribution in [0.1, 0.15) is 24.5 Å². The summed E-state index contributed by atoms with van der Waals surface area (Å²) in [7, 11) is 1.88. The first kappa shape index (κ1) is 12.8. The molecule has 5 heteroatoms. The van der Waals surface area contributed by atoms with Gasteiger partial charge < -0.3 is 11.1 Å². The molecule has 0 unspecified atom stereocenters. The summed E-state index contributed by atoms with van der Waals surface area (Å²) in [6.45, 7) is 2.20. The molecule has 1 saturated heterocycles. The summed E-state index contributed by atoms with van der Waals surface area (Å²) in [5.74, 6) is 1.15. The van der Waals surface area contributed by atoms with Crippen molar-refractivity contribution in [1.29, 1.82) is 0 Å². The van der Waals surface area contributed by atoms with Crippen LogP contribution in [-0.4, -0.2) is 42.5 Å². The molecule has 5 nitrogen and oxygen atoms in total. The number of carbonyl (C=O) groups is 1. The highest BCUT2D eigenvalue weighted by Crippen LogP contribution is 2.27. The van der Waals surface area contributed by atoms with E-state index in [1.807, 2.05) is 19.2 Å². The van der Waals surface area contributed by atoms with Crippen LogP contribution in [0, 0.1) is 0 Å². The summed E-state index contributed by atoms with van der Waals surface area (Å²) in [5.41, 5.74) is 6.35. The van der Waals surface area contributed by atoms with Crippen LogP contribution in [0.4, 0.5) is 5.82 Å². The predicted octanol–water partition coefficient (Wildman–Crippen LogP) is 0.788. The maximum Gasteiger partial charge on any atom is 0.231 e. The van der Waals surface area contributed by atoms with Gasteiger partial charge in [0.1, 0.15) is 5.82 Å². The number of nitrogens with two attached hydrogens (primary N) is 1. The van der Waals surface area contributed by atoms with Crippen molar-refractivity contribution in [2.45, 2.75) is 18.8 Å². The van der Waals surface area contributed by atoms with Gasteiger partial charge in [-0.3, -0.25) is 9.69 Å². The van der Waals surface area contributed by atoms with E-state index in [1.165, 1.54) is 0 Å². The predicted molar refractivity (Wildman–Crippen MR) is 71.4 cm³/mol. The molecule has 0 bridgehead atoms. The van der Waals surface area contributed by atoms with Crippen molar-refractivity contribution in [3.8, 4) is 0 Å². The molecule has 0 aromatic carbocycles. The second-order valence-electron chi connectivity index (χ2n) is 4.71.